The van der Waals surface area contributed by atoms with Gasteiger partial charge in [0.2, 0.25) is 5.91 Å². The molecular weight excluding hydrogens is 429 g/mol. The largest absolute Gasteiger partial charge is 0.311 e. The fourth-order valence-electron chi connectivity index (χ4n) is 6.35. The van der Waals surface area contributed by atoms with Crippen LogP contribution in [0.1, 0.15) is 50.6 Å². The molecule has 0 N–H and O–H groups in total. The average Bonchev–Trinajstić information content (AvgIpc) is 3.30. The Bertz CT molecular complexity index is 1300. The van der Waals surface area contributed by atoms with Gasteiger partial charge in [-0.3, -0.25) is 4.79 Å². The number of halogens is 2. The molecule has 6 heteroatoms. The second-order valence-corrected chi connectivity index (χ2v) is 10.7. The first kappa shape index (κ1) is 19.5. The summed E-state index contributed by atoms with van der Waals surface area (Å²) in [4.78, 5) is 26.4. The van der Waals surface area contributed by atoms with E-state index in [-0.39, 0.29) is 16.7 Å². The van der Waals surface area contributed by atoms with Crippen molar-refractivity contribution in [3.63, 3.8) is 0 Å². The van der Waals surface area contributed by atoms with Crippen LogP contribution in [0.15, 0.2) is 36.4 Å². The van der Waals surface area contributed by atoms with Crippen molar-refractivity contribution in [2.45, 2.75) is 50.9 Å². The predicted octanol–water partition coefficient (Wildman–Crippen LogP) is 5.86. The van der Waals surface area contributed by atoms with E-state index in [1.165, 1.54) is 5.56 Å². The molecule has 2 heterocycles. The fourth-order valence-corrected chi connectivity index (χ4v) is 6.67. The smallest absolute Gasteiger partial charge is 0.239 e. The summed E-state index contributed by atoms with van der Waals surface area (Å²) >= 11 is 12.5. The molecule has 158 valence electrons. The Morgan fingerprint density at radius 2 is 1.61 bits per heavy atom. The molecule has 31 heavy (non-hydrogen) atoms. The Labute approximate surface area is 191 Å². The van der Waals surface area contributed by atoms with Crippen LogP contribution < -0.4 is 4.90 Å². The Hall–Kier alpha value is -2.17. The van der Waals surface area contributed by atoms with E-state index in [4.69, 9.17) is 33.2 Å². The molecule has 1 fully saturated rings. The number of amides is 1. The van der Waals surface area contributed by atoms with E-state index in [0.717, 1.165) is 41.9 Å². The van der Waals surface area contributed by atoms with Crippen molar-refractivity contribution in [3.8, 4) is 0 Å². The number of para-hydroxylation sites is 1. The van der Waals surface area contributed by atoms with Crippen LogP contribution in [0, 0.1) is 5.41 Å². The highest BCUT2D eigenvalue weighted by atomic mass is 35.5. The normalized spacial score (nSPS) is 27.6. The van der Waals surface area contributed by atoms with Crippen LogP contribution in [-0.2, 0) is 22.0 Å². The van der Waals surface area contributed by atoms with E-state index in [0.29, 0.717) is 22.1 Å². The molecule has 1 saturated carbocycles. The van der Waals surface area contributed by atoms with Gasteiger partial charge in [0.1, 0.15) is 0 Å². The van der Waals surface area contributed by atoms with Gasteiger partial charge >= 0.3 is 0 Å². The molecule has 4 nitrogen and oxygen atoms in total. The van der Waals surface area contributed by atoms with Gasteiger partial charge in [-0.25, -0.2) is 9.97 Å². The molecular formula is C25H23Cl2N3O. The molecule has 1 aromatic heterocycles. The van der Waals surface area contributed by atoms with Crippen LogP contribution >= 0.6 is 23.2 Å². The molecule has 0 saturated heterocycles. The first-order valence-electron chi connectivity index (χ1n) is 10.8. The molecule has 0 radical (unpaired) electrons. The first-order chi connectivity index (χ1) is 14.7. The van der Waals surface area contributed by atoms with Crippen LogP contribution in [0.3, 0.4) is 0 Å². The lowest BCUT2D eigenvalue weighted by atomic mass is 9.63. The minimum atomic E-state index is -0.707. The van der Waals surface area contributed by atoms with Crippen LogP contribution in [0.2, 0.25) is 10.0 Å². The number of carbonyl (C=O) groups is 1. The van der Waals surface area contributed by atoms with Gasteiger partial charge in [-0.05, 0) is 48.4 Å². The van der Waals surface area contributed by atoms with Crippen molar-refractivity contribution in [3.05, 3.63) is 63.4 Å². The number of anilines is 1. The Balaban J connectivity index is 1.60. The molecule has 2 aliphatic carbocycles. The van der Waals surface area contributed by atoms with Gasteiger partial charge in [0.15, 0.2) is 0 Å². The summed E-state index contributed by atoms with van der Waals surface area (Å²) in [6.07, 6.45) is 2.58. The number of hydrogen-bond donors (Lipinski definition) is 0. The van der Waals surface area contributed by atoms with E-state index < -0.39 is 5.41 Å². The monoisotopic (exact) mass is 451 g/mol. The second-order valence-electron chi connectivity index (χ2n) is 9.87. The maximum Gasteiger partial charge on any atom is 0.239 e. The average molecular weight is 452 g/mol. The maximum atomic E-state index is 14.4. The Kier molecular flexibility index (Phi) is 3.77. The van der Waals surface area contributed by atoms with Crippen molar-refractivity contribution >= 4 is 45.8 Å². The lowest BCUT2D eigenvalue weighted by molar-refractivity contribution is -0.127. The highest BCUT2D eigenvalue weighted by Gasteiger charge is 2.73. The molecule has 2 atom stereocenters. The molecule has 3 aliphatic rings. The van der Waals surface area contributed by atoms with Gasteiger partial charge in [0.25, 0.3) is 0 Å². The maximum absolute atomic E-state index is 14.4. The van der Waals surface area contributed by atoms with Gasteiger partial charge in [-0.15, -0.1) is 0 Å². The van der Waals surface area contributed by atoms with Gasteiger partial charge < -0.3 is 4.90 Å². The number of benzene rings is 2. The number of nitrogens with zero attached hydrogens (tertiary/aromatic N) is 3. The minimum Gasteiger partial charge on any atom is -0.311 e. The van der Waals surface area contributed by atoms with E-state index in [9.17, 15) is 4.79 Å². The molecule has 3 aromatic rings. The van der Waals surface area contributed by atoms with E-state index in [2.05, 4.69) is 32.9 Å². The van der Waals surface area contributed by atoms with Crippen molar-refractivity contribution in [2.75, 3.05) is 11.4 Å². The third kappa shape index (κ3) is 2.15. The molecule has 6 rings (SSSR count). The Morgan fingerprint density at radius 1 is 0.968 bits per heavy atom. The van der Waals surface area contributed by atoms with Gasteiger partial charge in [0, 0.05) is 17.6 Å². The highest BCUT2D eigenvalue weighted by Crippen LogP contribution is 2.70. The number of rotatable bonds is 1. The van der Waals surface area contributed by atoms with Crippen LogP contribution in [0.4, 0.5) is 5.69 Å². The number of aromatic nitrogens is 2. The molecule has 1 aliphatic heterocycles. The van der Waals surface area contributed by atoms with Crippen molar-refractivity contribution < 1.29 is 4.79 Å². The number of hydrogen-bond acceptors (Lipinski definition) is 3. The molecule has 2 aromatic carbocycles. The summed E-state index contributed by atoms with van der Waals surface area (Å²) in [6, 6.07) is 11.8. The zero-order chi connectivity index (χ0) is 21.8. The summed E-state index contributed by atoms with van der Waals surface area (Å²) in [7, 11) is 0. The summed E-state index contributed by atoms with van der Waals surface area (Å²) in [5, 5.41) is 0.918. The zero-order valence-corrected chi connectivity index (χ0v) is 19.3. The van der Waals surface area contributed by atoms with Crippen molar-refractivity contribution in [1.29, 1.82) is 0 Å². The Morgan fingerprint density at radius 3 is 2.32 bits per heavy atom. The molecule has 2 unspecified atom stereocenters. The van der Waals surface area contributed by atoms with Crippen LogP contribution in [0.5, 0.6) is 0 Å². The van der Waals surface area contributed by atoms with Gasteiger partial charge in [0.05, 0.1) is 37.9 Å². The predicted molar refractivity (Wildman–Crippen MR) is 124 cm³/mol. The fraction of sp³-hybridized carbons (Fsp3) is 0.400. The highest BCUT2D eigenvalue weighted by molar-refractivity contribution is 6.42. The van der Waals surface area contributed by atoms with Crippen molar-refractivity contribution in [1.82, 2.24) is 9.97 Å². The van der Waals surface area contributed by atoms with Gasteiger partial charge in [-0.1, -0.05) is 62.2 Å². The molecule has 1 amide bonds. The van der Waals surface area contributed by atoms with E-state index in [1.807, 2.05) is 17.0 Å². The molecule has 0 spiro atoms. The topological polar surface area (TPSA) is 46.1 Å². The zero-order valence-electron chi connectivity index (χ0n) is 17.8. The quantitative estimate of drug-likeness (QED) is 0.465. The summed E-state index contributed by atoms with van der Waals surface area (Å²) in [5.74, 6) is 0.152. The molecule has 2 bridgehead atoms. The van der Waals surface area contributed by atoms with Crippen LogP contribution in [-0.4, -0.2) is 22.4 Å². The SMILES string of the molecule is CC12CCC(C(=O)N3CCc4ccccc43)(c3nc4cc(Cl)c(Cl)cc4nc31)C2(C)C. The third-order valence-electron chi connectivity index (χ3n) is 8.58. The van der Waals surface area contributed by atoms with Crippen molar-refractivity contribution in [2.24, 2.45) is 5.41 Å². The number of fused-ring (bicyclic) bond motifs is 7. The van der Waals surface area contributed by atoms with Gasteiger partial charge in [-0.2, -0.15) is 0 Å². The lowest BCUT2D eigenvalue weighted by Gasteiger charge is -2.41. The third-order valence-corrected chi connectivity index (χ3v) is 9.30. The minimum absolute atomic E-state index is 0.152. The standard InChI is InChI=1S/C25H23Cl2N3O/c1-23(2)24(3)9-10-25(23,22(31)30-11-8-14-6-4-5-7-19(14)30)21-20(24)28-17-12-15(26)16(27)13-18(17)29-21/h4-7,12-13H,8-11H2,1-3H3. The van der Waals surface area contributed by atoms with Crippen LogP contribution in [0.25, 0.3) is 11.0 Å². The first-order valence-corrected chi connectivity index (χ1v) is 11.5. The summed E-state index contributed by atoms with van der Waals surface area (Å²) in [6.45, 7) is 7.38. The lowest BCUT2D eigenvalue weighted by Crippen LogP contribution is -2.52. The second kappa shape index (κ2) is 5.99. The number of carbonyl (C=O) groups excluding carboxylic acids is 1. The van der Waals surface area contributed by atoms with E-state index >= 15 is 0 Å². The summed E-state index contributed by atoms with van der Waals surface area (Å²) in [5.41, 5.74) is 4.19. The van der Waals surface area contributed by atoms with E-state index in [1.54, 1.807) is 12.1 Å². The summed E-state index contributed by atoms with van der Waals surface area (Å²) < 4.78 is 0.